The number of hydrogen-bond donors (Lipinski definition) is 1. The van der Waals surface area contributed by atoms with Crippen molar-refractivity contribution in [3.05, 3.63) is 17.5 Å². The second-order valence-electron chi connectivity index (χ2n) is 10.6. The number of aliphatic hydroxyl groups excluding tert-OH is 1. The van der Waals surface area contributed by atoms with Crippen LogP contribution in [0.3, 0.4) is 0 Å². The van der Waals surface area contributed by atoms with Gasteiger partial charge in [-0.05, 0) is 61.7 Å². The fraction of sp³-hybridized carbons (Fsp3) is 0.920. The first-order valence-electron chi connectivity index (χ1n) is 11.9. The zero-order valence-electron chi connectivity index (χ0n) is 21.2. The van der Waals surface area contributed by atoms with Gasteiger partial charge in [0, 0.05) is 5.75 Å². The average Bonchev–Trinajstić information content (AvgIpc) is 3.55. The number of epoxide rings is 1. The van der Waals surface area contributed by atoms with Crippen LogP contribution < -0.4 is 18.9 Å². The number of fused-ring (bicyclic) bond motifs is 1. The van der Waals surface area contributed by atoms with E-state index < -0.39 is 0 Å². The molecule has 5 atom stereocenters. The summed E-state index contributed by atoms with van der Waals surface area (Å²) in [7, 11) is 0. The summed E-state index contributed by atoms with van der Waals surface area (Å²) in [4.78, 5) is 0. The molecule has 0 aromatic rings. The van der Waals surface area contributed by atoms with Gasteiger partial charge in [0.15, 0.2) is 0 Å². The number of thioether (sulfide) groups is 2. The van der Waals surface area contributed by atoms with Gasteiger partial charge in [-0.3, -0.25) is 0 Å². The van der Waals surface area contributed by atoms with Gasteiger partial charge >= 0.3 is 18.9 Å². The van der Waals surface area contributed by atoms with E-state index in [4.69, 9.17) is 10.1 Å². The maximum atomic E-state index is 9.43. The van der Waals surface area contributed by atoms with Crippen molar-refractivity contribution < 1.29 is 28.7 Å². The molecule has 0 spiro atoms. The molecule has 2 unspecified atom stereocenters. The summed E-state index contributed by atoms with van der Waals surface area (Å²) in [5.41, 5.74) is 0.476. The quantitative estimate of drug-likeness (QED) is 0.356. The summed E-state index contributed by atoms with van der Waals surface area (Å²) in [5.74, 6) is 4.89. The Kier molecular flexibility index (Phi) is 13.9. The van der Waals surface area contributed by atoms with E-state index in [0.29, 0.717) is 12.0 Å². The fourth-order valence-corrected chi connectivity index (χ4v) is 6.30. The maximum absolute atomic E-state index is 9.43. The van der Waals surface area contributed by atoms with Crippen LogP contribution in [0.2, 0.25) is 0 Å². The van der Waals surface area contributed by atoms with Crippen LogP contribution in [0.25, 0.3) is 5.32 Å². The van der Waals surface area contributed by atoms with E-state index in [-0.39, 0.29) is 36.0 Å². The number of piperidine rings is 1. The molecule has 0 amide bonds. The van der Waals surface area contributed by atoms with Crippen LogP contribution in [0.4, 0.5) is 0 Å². The number of aliphatic hydroxyl groups is 1. The number of ether oxygens (including phenoxy) is 1. The zero-order valence-corrected chi connectivity index (χ0v) is 22.9. The Hall–Kier alpha value is 0.917. The third-order valence-corrected chi connectivity index (χ3v) is 7.91. The van der Waals surface area contributed by atoms with Gasteiger partial charge in [-0.25, -0.2) is 0 Å². The van der Waals surface area contributed by atoms with Crippen LogP contribution in [0.5, 0.6) is 0 Å². The molecule has 31 heavy (non-hydrogen) atoms. The molecule has 4 aliphatic rings. The van der Waals surface area contributed by atoms with E-state index in [1.165, 1.54) is 44.3 Å². The van der Waals surface area contributed by atoms with E-state index in [1.807, 2.05) is 23.5 Å². The molecule has 2 heterocycles. The Morgan fingerprint density at radius 2 is 1.68 bits per heavy atom. The van der Waals surface area contributed by atoms with E-state index in [1.54, 1.807) is 0 Å². The van der Waals surface area contributed by atoms with Crippen LogP contribution in [-0.4, -0.2) is 59.0 Å². The largest absolute Gasteiger partial charge is 1.00 e. The first-order chi connectivity index (χ1) is 14.2. The van der Waals surface area contributed by atoms with E-state index >= 15 is 0 Å². The molecule has 2 saturated heterocycles. The molecule has 4 fully saturated rings. The minimum Gasteiger partial charge on any atom is -0.652 e. The molecule has 2 aliphatic heterocycles. The maximum Gasteiger partial charge on any atom is 1.00 e. The van der Waals surface area contributed by atoms with Crippen molar-refractivity contribution in [3.8, 4) is 0 Å². The third-order valence-electron chi connectivity index (χ3n) is 6.67. The molecule has 4 rings (SSSR count). The average molecular weight is 464 g/mol. The number of allylic oxidation sites excluding steroid dienone is 1. The van der Waals surface area contributed by atoms with Crippen molar-refractivity contribution in [1.29, 1.82) is 0 Å². The third kappa shape index (κ3) is 11.7. The van der Waals surface area contributed by atoms with Crippen LogP contribution >= 0.6 is 23.5 Å². The van der Waals surface area contributed by atoms with Gasteiger partial charge in [0.25, 0.3) is 0 Å². The van der Waals surface area contributed by atoms with Crippen molar-refractivity contribution in [2.24, 2.45) is 17.8 Å². The number of hydrogen-bond acceptors (Lipinski definition) is 4. The summed E-state index contributed by atoms with van der Waals surface area (Å²) in [6.07, 6.45) is 18.0. The standard InChI is InChI=1S/C9H18N.2C8H14OS.Li/c1-8(2)6-5-7-9(3,4)10-8;1-10-4-6-5-2-3-7(9)8(5)6;1-10-6-4-2-3-5-8-7-9-8;/h5-7H2,1-4H3;5-9H,2-4H2,1H3;2,4,8H,3,5-7H2,1H3;/q-1;;;+1/b;;4-2+;/t;5-,6-,7?,8-;;/m.0../s1. The van der Waals surface area contributed by atoms with Gasteiger partial charge in [-0.15, -0.1) is 11.1 Å². The Morgan fingerprint density at radius 3 is 2.10 bits per heavy atom. The smallest absolute Gasteiger partial charge is 0.652 e. The molecule has 2 aliphatic carbocycles. The first-order valence-corrected chi connectivity index (χ1v) is 14.6. The van der Waals surface area contributed by atoms with Crippen LogP contribution in [0, 0.1) is 17.8 Å². The van der Waals surface area contributed by atoms with Crippen molar-refractivity contribution in [3.63, 3.8) is 0 Å². The minimum absolute atomic E-state index is 0. The van der Waals surface area contributed by atoms with Gasteiger partial charge in [0.05, 0.1) is 18.8 Å². The summed E-state index contributed by atoms with van der Waals surface area (Å²) < 4.78 is 5.08. The summed E-state index contributed by atoms with van der Waals surface area (Å²) in [6, 6.07) is 0. The molecule has 2 saturated carbocycles. The van der Waals surface area contributed by atoms with E-state index in [2.05, 4.69) is 52.4 Å². The van der Waals surface area contributed by atoms with E-state index in [9.17, 15) is 5.11 Å². The van der Waals surface area contributed by atoms with Crippen LogP contribution in [0.15, 0.2) is 12.2 Å². The molecule has 1 N–H and O–H groups in total. The molecule has 6 heteroatoms. The van der Waals surface area contributed by atoms with Crippen molar-refractivity contribution in [2.45, 2.75) is 95.9 Å². The number of nitrogens with zero attached hydrogens (tertiary/aromatic N) is 1. The van der Waals surface area contributed by atoms with Crippen LogP contribution in [-0.2, 0) is 4.74 Å². The molecule has 176 valence electrons. The van der Waals surface area contributed by atoms with E-state index in [0.717, 1.165) is 30.6 Å². The van der Waals surface area contributed by atoms with Gasteiger partial charge in [0.2, 0.25) is 0 Å². The van der Waals surface area contributed by atoms with Gasteiger partial charge < -0.3 is 15.2 Å². The Bertz CT molecular complexity index is 512. The predicted molar refractivity (Wildman–Crippen MR) is 136 cm³/mol. The topological polar surface area (TPSA) is 46.9 Å². The summed E-state index contributed by atoms with van der Waals surface area (Å²) >= 11 is 3.78. The van der Waals surface area contributed by atoms with Crippen molar-refractivity contribution >= 4 is 23.5 Å². The van der Waals surface area contributed by atoms with Crippen molar-refractivity contribution in [2.75, 3.05) is 30.6 Å². The molecule has 0 aromatic heterocycles. The van der Waals surface area contributed by atoms with Gasteiger partial charge in [-0.2, -0.15) is 23.5 Å². The second-order valence-corrected chi connectivity index (χ2v) is 12.4. The summed E-state index contributed by atoms with van der Waals surface area (Å²) in [5, 5.41) is 14.2. The molecule has 0 radical (unpaired) electrons. The normalized spacial score (nSPS) is 33.8. The van der Waals surface area contributed by atoms with Gasteiger partial charge in [-0.1, -0.05) is 59.1 Å². The van der Waals surface area contributed by atoms with Crippen LogP contribution in [0.1, 0.15) is 72.6 Å². The first kappa shape index (κ1) is 29.9. The molecular formula is C25H46LiNO2S2. The monoisotopic (exact) mass is 463 g/mol. The summed E-state index contributed by atoms with van der Waals surface area (Å²) in [6.45, 7) is 9.92. The second kappa shape index (κ2) is 14.3. The molecule has 3 nitrogen and oxygen atoms in total. The Labute approximate surface area is 213 Å². The molecule has 0 aromatic carbocycles. The molecular weight excluding hydrogens is 417 g/mol. The Morgan fingerprint density at radius 1 is 1.03 bits per heavy atom. The number of rotatable bonds is 7. The van der Waals surface area contributed by atoms with Crippen molar-refractivity contribution in [1.82, 2.24) is 0 Å². The van der Waals surface area contributed by atoms with Gasteiger partial charge in [0.1, 0.15) is 0 Å². The minimum atomic E-state index is 0. The zero-order chi connectivity index (χ0) is 22.2. The Balaban J connectivity index is 0.000000229. The molecule has 0 bridgehead atoms. The predicted octanol–water partition coefficient (Wildman–Crippen LogP) is 3.56. The fourth-order valence-electron chi connectivity index (χ4n) is 5.12. The SMILES string of the molecule is CC1(C)CCCC(C)(C)[N-]1.CSC/C=C/CCC1CO1.CSC[C@H]1[C@@H]2CCC(O)[C@@H]21.[Li+].